The molecule has 4 rings (SSSR count). The van der Waals surface area contributed by atoms with E-state index in [9.17, 15) is 18.0 Å². The van der Waals surface area contributed by atoms with Crippen LogP contribution in [-0.2, 0) is 11.0 Å². The SMILES string of the molecule is CC[C@@H](Nc1nc2ccccc2c2nc(-c3ccc(OC)cc3C(F)(F)F)nn12)C(N)=O. The number of nitrogens with zero attached hydrogens (tertiary/aromatic N) is 4. The molecule has 0 fully saturated rings. The van der Waals surface area contributed by atoms with E-state index < -0.39 is 23.7 Å². The number of carbonyl (C=O) groups is 1. The standard InChI is InChI=1S/C21H19F3N6O2/c1-3-15(17(25)31)26-20-27-16-7-5-4-6-13(16)19-28-18(29-30(19)20)12-9-8-11(32-2)10-14(12)21(22,23)24/h4-10,15H,3H2,1-2H3,(H2,25,31)(H,26,27)/t15-/m1/s1. The van der Waals surface area contributed by atoms with Crippen LogP contribution in [0.5, 0.6) is 5.75 Å². The number of rotatable bonds is 6. The zero-order valence-electron chi connectivity index (χ0n) is 17.1. The lowest BCUT2D eigenvalue weighted by molar-refractivity contribution is -0.137. The zero-order valence-corrected chi connectivity index (χ0v) is 17.1. The number of hydrogen-bond donors (Lipinski definition) is 2. The van der Waals surface area contributed by atoms with E-state index in [0.717, 1.165) is 6.07 Å². The number of alkyl halides is 3. The van der Waals surface area contributed by atoms with Crippen LogP contribution < -0.4 is 15.8 Å². The Balaban J connectivity index is 1.97. The number of nitrogens with one attached hydrogen (secondary N) is 1. The first kappa shape index (κ1) is 21.3. The smallest absolute Gasteiger partial charge is 0.417 e. The summed E-state index contributed by atoms with van der Waals surface area (Å²) in [6.45, 7) is 1.76. The Bertz CT molecular complexity index is 1320. The first-order chi connectivity index (χ1) is 15.2. The Morgan fingerprint density at radius 3 is 2.62 bits per heavy atom. The fourth-order valence-corrected chi connectivity index (χ4v) is 3.37. The molecule has 0 aliphatic heterocycles. The molecule has 4 aromatic rings. The summed E-state index contributed by atoms with van der Waals surface area (Å²) in [6.07, 6.45) is -4.27. The molecule has 0 radical (unpaired) electrons. The summed E-state index contributed by atoms with van der Waals surface area (Å²) < 4.78 is 47.5. The maximum atomic E-state index is 13.8. The third kappa shape index (κ3) is 3.77. The van der Waals surface area contributed by atoms with Crippen LogP contribution in [0.25, 0.3) is 27.9 Å². The van der Waals surface area contributed by atoms with Crippen molar-refractivity contribution in [3.8, 4) is 17.1 Å². The molecule has 2 heterocycles. The number of aromatic nitrogens is 4. The van der Waals surface area contributed by atoms with Gasteiger partial charge in [-0.15, -0.1) is 5.10 Å². The average molecular weight is 444 g/mol. The van der Waals surface area contributed by atoms with Gasteiger partial charge in [-0.2, -0.15) is 17.7 Å². The van der Waals surface area contributed by atoms with E-state index in [-0.39, 0.29) is 28.7 Å². The van der Waals surface area contributed by atoms with Gasteiger partial charge in [0.2, 0.25) is 11.9 Å². The van der Waals surface area contributed by atoms with E-state index >= 15 is 0 Å². The molecule has 166 valence electrons. The number of methoxy groups -OCH3 is 1. The number of benzene rings is 2. The van der Waals surface area contributed by atoms with Crippen molar-refractivity contribution >= 4 is 28.4 Å². The number of amides is 1. The Morgan fingerprint density at radius 2 is 1.97 bits per heavy atom. The lowest BCUT2D eigenvalue weighted by Gasteiger charge is -2.15. The van der Waals surface area contributed by atoms with E-state index in [0.29, 0.717) is 17.3 Å². The molecule has 0 aliphatic rings. The number of hydrogen-bond acceptors (Lipinski definition) is 6. The fraction of sp³-hybridized carbons (Fsp3) is 0.238. The van der Waals surface area contributed by atoms with E-state index in [1.165, 1.54) is 23.8 Å². The normalized spacial score (nSPS) is 12.8. The van der Waals surface area contributed by atoms with Gasteiger partial charge >= 0.3 is 6.18 Å². The van der Waals surface area contributed by atoms with Gasteiger partial charge in [0.1, 0.15) is 11.8 Å². The van der Waals surface area contributed by atoms with E-state index in [1.807, 2.05) is 0 Å². The molecule has 2 aromatic heterocycles. The highest BCUT2D eigenvalue weighted by Crippen LogP contribution is 2.38. The minimum absolute atomic E-state index is 0.0616. The van der Waals surface area contributed by atoms with Crippen molar-refractivity contribution in [1.82, 2.24) is 19.6 Å². The summed E-state index contributed by atoms with van der Waals surface area (Å²) in [6, 6.07) is 9.83. The first-order valence-electron chi connectivity index (χ1n) is 9.70. The third-order valence-corrected chi connectivity index (χ3v) is 5.01. The number of primary amides is 1. The molecule has 0 saturated carbocycles. The van der Waals surface area contributed by atoms with Crippen LogP contribution in [0, 0.1) is 0 Å². The van der Waals surface area contributed by atoms with Crippen LogP contribution in [-0.4, -0.2) is 38.6 Å². The van der Waals surface area contributed by atoms with Gasteiger partial charge in [0.25, 0.3) is 0 Å². The van der Waals surface area contributed by atoms with Crippen molar-refractivity contribution in [3.63, 3.8) is 0 Å². The number of para-hydroxylation sites is 1. The lowest BCUT2D eigenvalue weighted by Crippen LogP contribution is -2.35. The van der Waals surface area contributed by atoms with Gasteiger partial charge < -0.3 is 15.8 Å². The summed E-state index contributed by atoms with van der Waals surface area (Å²) in [5.41, 5.74) is 5.12. The molecule has 0 saturated heterocycles. The average Bonchev–Trinajstić information content (AvgIpc) is 3.22. The van der Waals surface area contributed by atoms with E-state index in [4.69, 9.17) is 10.5 Å². The number of fused-ring (bicyclic) bond motifs is 3. The lowest BCUT2D eigenvalue weighted by atomic mass is 10.1. The number of halogens is 3. The molecule has 3 N–H and O–H groups in total. The van der Waals surface area contributed by atoms with Crippen LogP contribution in [0.15, 0.2) is 42.5 Å². The summed E-state index contributed by atoms with van der Waals surface area (Å²) in [7, 11) is 1.29. The van der Waals surface area contributed by atoms with E-state index in [1.54, 1.807) is 31.2 Å². The second-order valence-electron chi connectivity index (χ2n) is 7.04. The minimum Gasteiger partial charge on any atom is -0.497 e. The molecular weight excluding hydrogens is 425 g/mol. The third-order valence-electron chi connectivity index (χ3n) is 5.01. The number of anilines is 1. The quantitative estimate of drug-likeness (QED) is 0.470. The van der Waals surface area contributed by atoms with Crippen LogP contribution in [0.4, 0.5) is 19.1 Å². The Kier molecular flexibility index (Phi) is 5.33. The summed E-state index contributed by atoms with van der Waals surface area (Å²) >= 11 is 0. The van der Waals surface area contributed by atoms with Gasteiger partial charge in [0.15, 0.2) is 11.5 Å². The minimum atomic E-state index is -4.65. The van der Waals surface area contributed by atoms with Gasteiger partial charge in [-0.1, -0.05) is 19.1 Å². The Labute approximate surface area is 180 Å². The maximum Gasteiger partial charge on any atom is 0.417 e. The monoisotopic (exact) mass is 444 g/mol. The molecule has 8 nitrogen and oxygen atoms in total. The molecule has 0 unspecified atom stereocenters. The molecule has 1 amide bonds. The summed E-state index contributed by atoms with van der Waals surface area (Å²) in [4.78, 5) is 20.6. The van der Waals surface area contributed by atoms with Crippen molar-refractivity contribution in [1.29, 1.82) is 0 Å². The predicted molar refractivity (Wildman–Crippen MR) is 112 cm³/mol. The van der Waals surface area contributed by atoms with Crippen molar-refractivity contribution < 1.29 is 22.7 Å². The van der Waals surface area contributed by atoms with Gasteiger partial charge in [0.05, 0.1) is 18.2 Å². The Morgan fingerprint density at radius 1 is 1.22 bits per heavy atom. The largest absolute Gasteiger partial charge is 0.497 e. The van der Waals surface area contributed by atoms with Crippen LogP contribution in [0.1, 0.15) is 18.9 Å². The van der Waals surface area contributed by atoms with Gasteiger partial charge in [-0.3, -0.25) is 4.79 Å². The molecule has 11 heteroatoms. The number of nitrogens with two attached hydrogens (primary N) is 1. The first-order valence-corrected chi connectivity index (χ1v) is 9.70. The second-order valence-corrected chi connectivity index (χ2v) is 7.04. The van der Waals surface area contributed by atoms with Crippen molar-refractivity contribution in [3.05, 3.63) is 48.0 Å². The van der Waals surface area contributed by atoms with Crippen LogP contribution in [0.3, 0.4) is 0 Å². The van der Waals surface area contributed by atoms with Gasteiger partial charge in [-0.05, 0) is 36.8 Å². The highest BCUT2D eigenvalue weighted by atomic mass is 19.4. The molecule has 32 heavy (non-hydrogen) atoms. The summed E-state index contributed by atoms with van der Waals surface area (Å²) in [5, 5.41) is 7.81. The topological polar surface area (TPSA) is 107 Å². The van der Waals surface area contributed by atoms with Crippen LogP contribution in [0.2, 0.25) is 0 Å². The highest BCUT2D eigenvalue weighted by molar-refractivity contribution is 5.93. The second kappa shape index (κ2) is 7.98. The Hall–Kier alpha value is -3.89. The highest BCUT2D eigenvalue weighted by Gasteiger charge is 2.35. The fourth-order valence-electron chi connectivity index (χ4n) is 3.37. The van der Waals surface area contributed by atoms with Gasteiger partial charge in [0, 0.05) is 10.9 Å². The number of carbonyl (C=O) groups excluding carboxylic acids is 1. The van der Waals surface area contributed by atoms with Crippen molar-refractivity contribution in [2.45, 2.75) is 25.6 Å². The predicted octanol–water partition coefficient (Wildman–Crippen LogP) is 3.65. The van der Waals surface area contributed by atoms with E-state index in [2.05, 4.69) is 20.4 Å². The van der Waals surface area contributed by atoms with Crippen LogP contribution >= 0.6 is 0 Å². The summed E-state index contributed by atoms with van der Waals surface area (Å²) in [5.74, 6) is -0.532. The molecular formula is C21H19F3N6O2. The molecule has 1 atom stereocenters. The molecule has 0 spiro atoms. The molecule has 0 bridgehead atoms. The number of ether oxygens (including phenoxy) is 1. The van der Waals surface area contributed by atoms with Crippen molar-refractivity contribution in [2.75, 3.05) is 12.4 Å². The maximum absolute atomic E-state index is 13.8. The molecule has 2 aromatic carbocycles. The zero-order chi connectivity index (χ0) is 23.0. The molecule has 0 aliphatic carbocycles. The van der Waals surface area contributed by atoms with Gasteiger partial charge in [-0.25, -0.2) is 9.97 Å². The van der Waals surface area contributed by atoms with Crippen molar-refractivity contribution in [2.24, 2.45) is 5.73 Å².